The van der Waals surface area contributed by atoms with Crippen LogP contribution in [0.1, 0.15) is 32.6 Å². The second-order valence-electron chi connectivity index (χ2n) is 5.56. The molecule has 0 radical (unpaired) electrons. The number of benzene rings is 1. The van der Waals surface area contributed by atoms with E-state index in [4.69, 9.17) is 4.74 Å². The van der Waals surface area contributed by atoms with E-state index < -0.39 is 0 Å². The lowest BCUT2D eigenvalue weighted by atomic mass is 10.0. The van der Waals surface area contributed by atoms with Crippen molar-refractivity contribution in [3.05, 3.63) is 51.7 Å². The minimum Gasteiger partial charge on any atom is -0.480 e. The third-order valence-corrected chi connectivity index (χ3v) is 3.81. The Bertz CT molecular complexity index is 769. The van der Waals surface area contributed by atoms with Gasteiger partial charge in [0.25, 0.3) is 0 Å². The van der Waals surface area contributed by atoms with Gasteiger partial charge in [0.2, 0.25) is 5.88 Å². The van der Waals surface area contributed by atoms with Crippen LogP contribution in [-0.4, -0.2) is 22.7 Å². The zero-order chi connectivity index (χ0) is 15.1. The van der Waals surface area contributed by atoms with Crippen molar-refractivity contribution in [1.29, 1.82) is 0 Å². The number of rotatable bonds is 2. The van der Waals surface area contributed by atoms with E-state index in [0.717, 1.165) is 27.8 Å². The van der Waals surface area contributed by atoms with E-state index >= 15 is 0 Å². The first kappa shape index (κ1) is 13.6. The number of nitrogens with zero attached hydrogens (tertiary/aromatic N) is 2. The third-order valence-electron chi connectivity index (χ3n) is 3.81. The summed E-state index contributed by atoms with van der Waals surface area (Å²) < 4.78 is 6.93. The van der Waals surface area contributed by atoms with Crippen LogP contribution in [0.2, 0.25) is 0 Å². The van der Waals surface area contributed by atoms with Crippen LogP contribution in [0.15, 0.2) is 23.9 Å². The van der Waals surface area contributed by atoms with Gasteiger partial charge in [0, 0.05) is 30.8 Å². The molecule has 0 saturated heterocycles. The third kappa shape index (κ3) is 2.27. The molecule has 1 aromatic carbocycles. The summed E-state index contributed by atoms with van der Waals surface area (Å²) in [6.07, 6.45) is 4.43. The van der Waals surface area contributed by atoms with Crippen molar-refractivity contribution in [3.63, 3.8) is 0 Å². The van der Waals surface area contributed by atoms with Gasteiger partial charge < -0.3 is 4.74 Å². The largest absolute Gasteiger partial charge is 0.480 e. The van der Waals surface area contributed by atoms with Gasteiger partial charge in [-0.1, -0.05) is 17.7 Å². The van der Waals surface area contributed by atoms with Crippen LogP contribution in [0.3, 0.4) is 0 Å². The van der Waals surface area contributed by atoms with Crippen molar-refractivity contribution in [2.45, 2.75) is 20.3 Å². The Morgan fingerprint density at radius 1 is 1.33 bits per heavy atom. The van der Waals surface area contributed by atoms with E-state index in [9.17, 15) is 4.79 Å². The first-order chi connectivity index (χ1) is 9.99. The maximum absolute atomic E-state index is 12.6. The molecule has 2 aromatic rings. The second-order valence-corrected chi connectivity index (χ2v) is 5.56. The van der Waals surface area contributed by atoms with Crippen molar-refractivity contribution >= 4 is 11.9 Å². The molecule has 4 nitrogen and oxygen atoms in total. The molecule has 0 fully saturated rings. The first-order valence-corrected chi connectivity index (χ1v) is 6.92. The number of fused-ring (bicyclic) bond motifs is 1. The molecule has 0 unspecified atom stereocenters. The number of carbonyl (C=O) groups excluding carboxylic acids is 1. The number of aryl methyl sites for hydroxylation is 3. The van der Waals surface area contributed by atoms with E-state index in [1.54, 1.807) is 11.8 Å². The Labute approximate surface area is 124 Å². The number of ether oxygens (including phenoxy) is 1. The van der Waals surface area contributed by atoms with Gasteiger partial charge in [0.05, 0.1) is 12.7 Å². The fraction of sp³-hybridized carbons (Fsp3) is 0.294. The topological polar surface area (TPSA) is 44.1 Å². The fourth-order valence-electron chi connectivity index (χ4n) is 3.01. The summed E-state index contributed by atoms with van der Waals surface area (Å²) in [5.74, 6) is 0.662. The van der Waals surface area contributed by atoms with Gasteiger partial charge in [-0.25, -0.2) is 0 Å². The summed E-state index contributed by atoms with van der Waals surface area (Å²) in [5.41, 5.74) is 5.85. The molecule has 0 atom stereocenters. The smallest absolute Gasteiger partial charge is 0.239 e. The zero-order valence-corrected chi connectivity index (χ0v) is 12.7. The molecular formula is C17H18N2O2. The van der Waals surface area contributed by atoms with Gasteiger partial charge >= 0.3 is 0 Å². The van der Waals surface area contributed by atoms with Crippen LogP contribution in [-0.2, 0) is 13.5 Å². The van der Waals surface area contributed by atoms with Gasteiger partial charge in [0.15, 0.2) is 5.78 Å². The summed E-state index contributed by atoms with van der Waals surface area (Å²) in [6, 6.07) is 4.16. The van der Waals surface area contributed by atoms with Crippen molar-refractivity contribution < 1.29 is 9.53 Å². The average Bonchev–Trinajstić information content (AvgIpc) is 2.91. The molecule has 1 aliphatic carbocycles. The SMILES string of the molecule is COc1nn(C)cc1/C=C1\Cc2cc(C)cc(C)c2C1=O. The predicted octanol–water partition coefficient (Wildman–Crippen LogP) is 2.87. The number of methoxy groups -OCH3 is 1. The van der Waals surface area contributed by atoms with Crippen LogP contribution in [0.25, 0.3) is 6.08 Å². The molecule has 3 rings (SSSR count). The molecule has 4 heteroatoms. The molecule has 0 aliphatic heterocycles. The summed E-state index contributed by atoms with van der Waals surface area (Å²) in [7, 11) is 3.42. The number of ketones is 1. The average molecular weight is 282 g/mol. The number of hydrogen-bond donors (Lipinski definition) is 0. The van der Waals surface area contributed by atoms with Crippen molar-refractivity contribution in [1.82, 2.24) is 9.78 Å². The number of aromatic nitrogens is 2. The van der Waals surface area contributed by atoms with Gasteiger partial charge in [-0.2, -0.15) is 0 Å². The number of Topliss-reactive ketones (excluding diaryl/α,β-unsaturated/α-hetero) is 1. The van der Waals surface area contributed by atoms with Crippen LogP contribution in [0.4, 0.5) is 0 Å². The highest BCUT2D eigenvalue weighted by Gasteiger charge is 2.27. The number of carbonyl (C=O) groups is 1. The van der Waals surface area contributed by atoms with E-state index in [2.05, 4.69) is 24.2 Å². The van der Waals surface area contributed by atoms with Crippen LogP contribution in [0.5, 0.6) is 5.88 Å². The molecule has 0 saturated carbocycles. The fourth-order valence-corrected chi connectivity index (χ4v) is 3.01. The lowest BCUT2D eigenvalue weighted by Gasteiger charge is -2.03. The molecule has 0 spiro atoms. The molecular weight excluding hydrogens is 264 g/mol. The Balaban J connectivity index is 2.05. The maximum atomic E-state index is 12.6. The van der Waals surface area contributed by atoms with E-state index in [1.807, 2.05) is 26.2 Å². The number of allylic oxidation sites excluding steroid dienone is 1. The summed E-state index contributed by atoms with van der Waals surface area (Å²) in [4.78, 5) is 12.6. The molecule has 0 bridgehead atoms. The van der Waals surface area contributed by atoms with E-state index in [1.165, 1.54) is 5.56 Å². The van der Waals surface area contributed by atoms with E-state index in [-0.39, 0.29) is 5.78 Å². The van der Waals surface area contributed by atoms with Crippen molar-refractivity contribution in [3.8, 4) is 5.88 Å². The minimum atomic E-state index is 0.119. The van der Waals surface area contributed by atoms with Crippen molar-refractivity contribution in [2.24, 2.45) is 7.05 Å². The summed E-state index contributed by atoms with van der Waals surface area (Å²) >= 11 is 0. The Hall–Kier alpha value is -2.36. The maximum Gasteiger partial charge on any atom is 0.239 e. The second kappa shape index (κ2) is 4.88. The van der Waals surface area contributed by atoms with Gasteiger partial charge in [0.1, 0.15) is 0 Å². The monoisotopic (exact) mass is 282 g/mol. The molecule has 1 aliphatic rings. The Morgan fingerprint density at radius 2 is 2.10 bits per heavy atom. The molecule has 1 aromatic heterocycles. The molecule has 21 heavy (non-hydrogen) atoms. The van der Waals surface area contributed by atoms with Crippen LogP contribution in [0, 0.1) is 13.8 Å². The summed E-state index contributed by atoms with van der Waals surface area (Å²) in [5, 5.41) is 4.22. The lowest BCUT2D eigenvalue weighted by molar-refractivity contribution is 0.104. The highest BCUT2D eigenvalue weighted by atomic mass is 16.5. The van der Waals surface area contributed by atoms with Crippen LogP contribution >= 0.6 is 0 Å². The predicted molar refractivity (Wildman–Crippen MR) is 81.7 cm³/mol. The Morgan fingerprint density at radius 3 is 2.81 bits per heavy atom. The van der Waals surface area contributed by atoms with Crippen LogP contribution < -0.4 is 4.74 Å². The quantitative estimate of drug-likeness (QED) is 0.796. The molecule has 0 N–H and O–H groups in total. The zero-order valence-electron chi connectivity index (χ0n) is 12.7. The molecule has 0 amide bonds. The molecule has 1 heterocycles. The van der Waals surface area contributed by atoms with Gasteiger partial charge in [-0.05, 0) is 31.1 Å². The van der Waals surface area contributed by atoms with Crippen molar-refractivity contribution in [2.75, 3.05) is 7.11 Å². The Kier molecular flexibility index (Phi) is 3.16. The highest BCUT2D eigenvalue weighted by Crippen LogP contribution is 2.32. The van der Waals surface area contributed by atoms with Gasteiger partial charge in [-0.15, -0.1) is 5.10 Å². The molecule has 108 valence electrons. The minimum absolute atomic E-state index is 0.119. The highest BCUT2D eigenvalue weighted by molar-refractivity contribution is 6.16. The normalized spacial score (nSPS) is 15.6. The lowest BCUT2D eigenvalue weighted by Crippen LogP contribution is -1.98. The first-order valence-electron chi connectivity index (χ1n) is 6.92. The summed E-state index contributed by atoms with van der Waals surface area (Å²) in [6.45, 7) is 4.06. The van der Waals surface area contributed by atoms with E-state index in [0.29, 0.717) is 12.3 Å². The standard InChI is InChI=1S/C17H18N2O2/c1-10-5-11(2)15-12(6-10)7-13(16(15)20)8-14-9-19(3)18-17(14)21-4/h5-6,8-9H,7H2,1-4H3/b13-8+. The van der Waals surface area contributed by atoms with Gasteiger partial charge in [-0.3, -0.25) is 9.48 Å². The number of hydrogen-bond acceptors (Lipinski definition) is 3.